The molecule has 0 spiro atoms. The summed E-state index contributed by atoms with van der Waals surface area (Å²) >= 11 is 0. The standard InChI is InChI=1S/C26H24O3S2/c1-21-18-19-22(2)26(20-21)31(27,28)29-30(23-12-6-3-7-13-23,24-14-8-4-9-15-24)25-16-10-5-11-17-25/h3-20H,1-2H3. The van der Waals surface area contributed by atoms with Gasteiger partial charge in [-0.15, -0.1) is 0 Å². The lowest BCUT2D eigenvalue weighted by atomic mass is 10.2. The van der Waals surface area contributed by atoms with Gasteiger partial charge >= 0.3 is 10.1 Å². The van der Waals surface area contributed by atoms with E-state index in [2.05, 4.69) is 0 Å². The number of aryl methyl sites for hydroxylation is 2. The Balaban J connectivity index is 2.02. The van der Waals surface area contributed by atoms with E-state index in [4.69, 9.17) is 3.63 Å². The molecule has 0 amide bonds. The molecule has 0 unspecified atom stereocenters. The van der Waals surface area contributed by atoms with Crippen molar-refractivity contribution in [2.45, 2.75) is 33.4 Å². The van der Waals surface area contributed by atoms with Gasteiger partial charge in [0.1, 0.15) is 0 Å². The highest BCUT2D eigenvalue weighted by Crippen LogP contribution is 2.70. The van der Waals surface area contributed by atoms with Crippen LogP contribution < -0.4 is 0 Å². The third-order valence-electron chi connectivity index (χ3n) is 5.03. The lowest BCUT2D eigenvalue weighted by Crippen LogP contribution is -2.15. The summed E-state index contributed by atoms with van der Waals surface area (Å²) in [5.41, 5.74) is 1.53. The van der Waals surface area contributed by atoms with E-state index >= 15 is 0 Å². The summed E-state index contributed by atoms with van der Waals surface area (Å²) in [7, 11) is -6.63. The molecule has 0 bridgehead atoms. The molecule has 0 aliphatic carbocycles. The van der Waals surface area contributed by atoms with Crippen molar-refractivity contribution < 1.29 is 12.0 Å². The fourth-order valence-electron chi connectivity index (χ4n) is 3.51. The van der Waals surface area contributed by atoms with E-state index in [1.165, 1.54) is 0 Å². The van der Waals surface area contributed by atoms with E-state index in [0.29, 0.717) is 5.56 Å². The van der Waals surface area contributed by atoms with Gasteiger partial charge in [-0.25, -0.2) is 3.63 Å². The Morgan fingerprint density at radius 2 is 1.00 bits per heavy atom. The first-order valence-corrected chi connectivity index (χ1v) is 12.9. The van der Waals surface area contributed by atoms with Crippen molar-refractivity contribution in [2.24, 2.45) is 0 Å². The summed E-state index contributed by atoms with van der Waals surface area (Å²) in [6, 6.07) is 34.3. The molecule has 5 heteroatoms. The molecule has 0 aliphatic heterocycles. The molecule has 0 fully saturated rings. The van der Waals surface area contributed by atoms with Crippen LogP contribution in [0.2, 0.25) is 0 Å². The maximum Gasteiger partial charge on any atom is 0.307 e. The predicted octanol–water partition coefficient (Wildman–Crippen LogP) is 6.91. The molecule has 0 N–H and O–H groups in total. The van der Waals surface area contributed by atoms with Crippen LogP contribution in [0.15, 0.2) is 129 Å². The van der Waals surface area contributed by atoms with Crippen LogP contribution in [-0.2, 0) is 13.7 Å². The lowest BCUT2D eigenvalue weighted by Gasteiger charge is -2.39. The zero-order chi connectivity index (χ0) is 21.9. The Morgan fingerprint density at radius 1 is 0.581 bits per heavy atom. The fourth-order valence-corrected chi connectivity index (χ4v) is 9.05. The van der Waals surface area contributed by atoms with Gasteiger partial charge in [0.25, 0.3) is 0 Å². The molecule has 158 valence electrons. The normalized spacial score (nSPS) is 12.5. The SMILES string of the molecule is Cc1ccc(C)c(S(=O)(=O)OS(c2ccccc2)(c2ccccc2)c2ccccc2)c1. The monoisotopic (exact) mass is 448 g/mol. The van der Waals surface area contributed by atoms with Crippen molar-refractivity contribution in [1.82, 2.24) is 0 Å². The zero-order valence-corrected chi connectivity index (χ0v) is 19.1. The van der Waals surface area contributed by atoms with Gasteiger partial charge in [0.05, 0.1) is 4.90 Å². The molecule has 4 rings (SSSR count). The molecule has 0 saturated carbocycles. The first-order chi connectivity index (χ1) is 14.9. The molecule has 4 aromatic carbocycles. The van der Waals surface area contributed by atoms with Crippen LogP contribution in [0.1, 0.15) is 11.1 Å². The van der Waals surface area contributed by atoms with E-state index in [1.807, 2.05) is 110 Å². The van der Waals surface area contributed by atoms with Crippen LogP contribution in [0.5, 0.6) is 0 Å². The topological polar surface area (TPSA) is 43.4 Å². The second-order valence-corrected chi connectivity index (χ2v) is 11.7. The molecule has 3 nitrogen and oxygen atoms in total. The Morgan fingerprint density at radius 3 is 1.42 bits per heavy atom. The van der Waals surface area contributed by atoms with Gasteiger partial charge in [-0.1, -0.05) is 66.7 Å². The second kappa shape index (κ2) is 8.71. The van der Waals surface area contributed by atoms with Crippen LogP contribution in [-0.4, -0.2) is 8.42 Å². The molecule has 0 atom stereocenters. The number of hydrogen-bond acceptors (Lipinski definition) is 3. The van der Waals surface area contributed by atoms with Gasteiger partial charge < -0.3 is 0 Å². The van der Waals surface area contributed by atoms with Crippen LogP contribution in [0, 0.1) is 13.8 Å². The van der Waals surface area contributed by atoms with Crippen molar-refractivity contribution in [3.8, 4) is 0 Å². The minimum Gasteiger partial charge on any atom is -0.203 e. The molecular weight excluding hydrogens is 424 g/mol. The van der Waals surface area contributed by atoms with Gasteiger partial charge in [0, 0.05) is 14.7 Å². The third-order valence-corrected chi connectivity index (χ3v) is 10.3. The van der Waals surface area contributed by atoms with Crippen molar-refractivity contribution in [1.29, 1.82) is 0 Å². The smallest absolute Gasteiger partial charge is 0.203 e. The lowest BCUT2D eigenvalue weighted by molar-refractivity contribution is 0.507. The Hall–Kier alpha value is -2.86. The summed E-state index contributed by atoms with van der Waals surface area (Å²) in [4.78, 5) is 2.66. The number of benzene rings is 4. The van der Waals surface area contributed by atoms with E-state index in [0.717, 1.165) is 20.2 Å². The fraction of sp³-hybridized carbons (Fsp3) is 0.0769. The van der Waals surface area contributed by atoms with Crippen molar-refractivity contribution >= 4 is 20.4 Å². The van der Waals surface area contributed by atoms with Crippen LogP contribution in [0.3, 0.4) is 0 Å². The predicted molar refractivity (Wildman–Crippen MR) is 126 cm³/mol. The largest absolute Gasteiger partial charge is 0.307 e. The van der Waals surface area contributed by atoms with Crippen LogP contribution >= 0.6 is 10.3 Å². The molecule has 0 aliphatic rings. The van der Waals surface area contributed by atoms with E-state index in [1.54, 1.807) is 13.0 Å². The van der Waals surface area contributed by atoms with Crippen LogP contribution in [0.4, 0.5) is 0 Å². The highest BCUT2D eigenvalue weighted by molar-refractivity contribution is 8.33. The highest BCUT2D eigenvalue weighted by atomic mass is 32.3. The maximum absolute atomic E-state index is 13.7. The molecule has 0 heterocycles. The van der Waals surface area contributed by atoms with E-state index in [-0.39, 0.29) is 4.90 Å². The molecule has 0 saturated heterocycles. The molecule has 0 aromatic heterocycles. The average Bonchev–Trinajstić information content (AvgIpc) is 2.81. The van der Waals surface area contributed by atoms with Gasteiger partial charge in [-0.2, -0.15) is 8.42 Å². The van der Waals surface area contributed by atoms with Crippen LogP contribution in [0.25, 0.3) is 0 Å². The summed E-state index contributed by atoms with van der Waals surface area (Å²) in [6.45, 7) is 3.67. The number of rotatable bonds is 6. The minimum atomic E-state index is -4.08. The first kappa shape index (κ1) is 21.4. The average molecular weight is 449 g/mol. The zero-order valence-electron chi connectivity index (χ0n) is 17.4. The van der Waals surface area contributed by atoms with E-state index < -0.39 is 20.4 Å². The van der Waals surface area contributed by atoms with Crippen molar-refractivity contribution in [3.63, 3.8) is 0 Å². The van der Waals surface area contributed by atoms with Crippen molar-refractivity contribution in [2.75, 3.05) is 0 Å². The second-order valence-electron chi connectivity index (χ2n) is 7.29. The van der Waals surface area contributed by atoms with Gasteiger partial charge in [0.2, 0.25) is 0 Å². The Bertz CT molecular complexity index is 1170. The number of hydrogen-bond donors (Lipinski definition) is 0. The quantitative estimate of drug-likeness (QED) is 0.322. The molecule has 4 aromatic rings. The summed E-state index contributed by atoms with van der Waals surface area (Å²) in [6.07, 6.45) is 0. The Labute approximate surface area is 186 Å². The van der Waals surface area contributed by atoms with Gasteiger partial charge in [0.15, 0.2) is 0 Å². The maximum atomic E-state index is 13.7. The third kappa shape index (κ3) is 4.17. The van der Waals surface area contributed by atoms with Crippen molar-refractivity contribution in [3.05, 3.63) is 120 Å². The van der Waals surface area contributed by atoms with Gasteiger partial charge in [-0.3, -0.25) is 0 Å². The van der Waals surface area contributed by atoms with E-state index in [9.17, 15) is 8.42 Å². The summed E-state index contributed by atoms with van der Waals surface area (Å²) in [5, 5.41) is 0. The highest BCUT2D eigenvalue weighted by Gasteiger charge is 2.38. The molecule has 0 radical (unpaired) electrons. The molecule has 31 heavy (non-hydrogen) atoms. The summed E-state index contributed by atoms with van der Waals surface area (Å²) < 4.78 is 33.8. The first-order valence-electron chi connectivity index (χ1n) is 9.95. The Kier molecular flexibility index (Phi) is 6.01. The van der Waals surface area contributed by atoms with Gasteiger partial charge in [-0.05, 0) is 77.7 Å². The minimum absolute atomic E-state index is 0.201. The summed E-state index contributed by atoms with van der Waals surface area (Å²) in [5.74, 6) is 0. The molecular formula is C26H24O3S2.